The van der Waals surface area contributed by atoms with E-state index in [1.807, 2.05) is 24.4 Å². The number of aromatic nitrogens is 1. The van der Waals surface area contributed by atoms with Crippen molar-refractivity contribution in [2.45, 2.75) is 19.4 Å². The first-order valence-corrected chi connectivity index (χ1v) is 8.12. The van der Waals surface area contributed by atoms with E-state index in [9.17, 15) is 0 Å². The minimum absolute atomic E-state index is 0.625. The zero-order chi connectivity index (χ0) is 15.6. The highest BCUT2D eigenvalue weighted by Crippen LogP contribution is 2.27. The predicted molar refractivity (Wildman–Crippen MR) is 91.8 cm³/mol. The molecule has 0 radical (unpaired) electrons. The summed E-state index contributed by atoms with van der Waals surface area (Å²) in [7, 11) is 0. The second-order valence-corrected chi connectivity index (χ2v) is 6.09. The second kappa shape index (κ2) is 6.08. The number of rotatable bonds is 2. The first kappa shape index (κ1) is 14.3. The van der Waals surface area contributed by atoms with E-state index >= 15 is 0 Å². The zero-order valence-corrected chi connectivity index (χ0v) is 13.4. The summed E-state index contributed by atoms with van der Waals surface area (Å²) in [5, 5.41) is 3.99. The highest BCUT2D eigenvalue weighted by atomic mass is 35.5. The molecule has 2 aliphatic rings. The fourth-order valence-electron chi connectivity index (χ4n) is 2.91. The Labute approximate surface area is 139 Å². The van der Waals surface area contributed by atoms with Crippen molar-refractivity contribution < 1.29 is 4.42 Å². The fraction of sp³-hybridized carbons (Fsp3) is 0.294. The molecule has 118 valence electrons. The molecule has 2 aliphatic heterocycles. The predicted octanol–water partition coefficient (Wildman–Crippen LogP) is 3.25. The van der Waals surface area contributed by atoms with E-state index in [0.717, 1.165) is 53.8 Å². The molecule has 0 saturated heterocycles. The summed E-state index contributed by atoms with van der Waals surface area (Å²) in [5.74, 6) is 1.60. The number of aryl methyl sites for hydroxylation is 1. The van der Waals surface area contributed by atoms with Crippen LogP contribution < -0.4 is 10.2 Å². The third kappa shape index (κ3) is 2.97. The van der Waals surface area contributed by atoms with Crippen LogP contribution in [0.25, 0.3) is 5.70 Å². The van der Waals surface area contributed by atoms with Crippen LogP contribution in [0.4, 0.5) is 5.69 Å². The van der Waals surface area contributed by atoms with E-state index in [2.05, 4.69) is 26.3 Å². The minimum Gasteiger partial charge on any atom is -0.440 e. The number of aliphatic imine (C=N–C) groups is 1. The Morgan fingerprint density at radius 1 is 1.30 bits per heavy atom. The van der Waals surface area contributed by atoms with Gasteiger partial charge in [0.05, 0.1) is 19.3 Å². The van der Waals surface area contributed by atoms with Crippen molar-refractivity contribution in [1.82, 2.24) is 10.3 Å². The van der Waals surface area contributed by atoms with Crippen molar-refractivity contribution in [3.05, 3.63) is 52.8 Å². The molecule has 1 aromatic heterocycles. The maximum absolute atomic E-state index is 6.12. The highest BCUT2D eigenvalue weighted by Gasteiger charge is 2.22. The van der Waals surface area contributed by atoms with Gasteiger partial charge in [0.2, 0.25) is 5.89 Å². The molecular weight excluding hydrogens is 312 g/mol. The third-order valence-corrected chi connectivity index (χ3v) is 4.28. The molecule has 4 rings (SSSR count). The van der Waals surface area contributed by atoms with Crippen LogP contribution in [0, 0.1) is 0 Å². The molecule has 0 unspecified atom stereocenters. The van der Waals surface area contributed by atoms with Gasteiger partial charge in [-0.05, 0) is 24.6 Å². The molecule has 23 heavy (non-hydrogen) atoms. The Bertz CT molecular complexity index is 781. The van der Waals surface area contributed by atoms with Crippen molar-refractivity contribution in [1.29, 1.82) is 0 Å². The molecule has 0 spiro atoms. The van der Waals surface area contributed by atoms with Crippen LogP contribution in [0.3, 0.4) is 0 Å². The Balaban J connectivity index is 1.62. The Morgan fingerprint density at radius 2 is 2.26 bits per heavy atom. The topological polar surface area (TPSA) is 53.7 Å². The second-order valence-electron chi connectivity index (χ2n) is 5.65. The molecule has 0 aliphatic carbocycles. The number of oxazole rings is 1. The summed E-state index contributed by atoms with van der Waals surface area (Å²) >= 11 is 6.12. The Kier molecular flexibility index (Phi) is 3.79. The number of nitrogens with one attached hydrogen (secondary N) is 1. The molecule has 5 nitrogen and oxygen atoms in total. The van der Waals surface area contributed by atoms with Crippen LogP contribution >= 0.6 is 11.6 Å². The molecule has 1 aromatic carbocycles. The molecule has 0 saturated carbocycles. The number of benzene rings is 1. The number of fused-ring (bicyclic) bond motifs is 1. The van der Waals surface area contributed by atoms with Gasteiger partial charge in [-0.25, -0.2) is 4.98 Å². The van der Waals surface area contributed by atoms with Crippen molar-refractivity contribution >= 4 is 29.2 Å². The number of anilines is 1. The van der Waals surface area contributed by atoms with Crippen LogP contribution in [-0.2, 0) is 13.0 Å². The van der Waals surface area contributed by atoms with E-state index in [4.69, 9.17) is 16.0 Å². The van der Waals surface area contributed by atoms with Crippen molar-refractivity contribution in [2.75, 3.05) is 18.0 Å². The zero-order valence-electron chi connectivity index (χ0n) is 12.6. The van der Waals surface area contributed by atoms with Crippen LogP contribution in [-0.4, -0.2) is 24.3 Å². The Hall–Kier alpha value is -2.27. The normalized spacial score (nSPS) is 17.3. The lowest BCUT2D eigenvalue weighted by Gasteiger charge is -2.22. The average molecular weight is 329 g/mol. The largest absolute Gasteiger partial charge is 0.440 e. The molecule has 0 bridgehead atoms. The molecule has 0 atom stereocenters. The number of halogens is 1. The molecule has 1 N–H and O–H groups in total. The summed E-state index contributed by atoms with van der Waals surface area (Å²) in [5.41, 5.74) is 2.96. The molecule has 3 heterocycles. The maximum atomic E-state index is 6.12. The summed E-state index contributed by atoms with van der Waals surface area (Å²) in [6.45, 7) is 2.40. The summed E-state index contributed by atoms with van der Waals surface area (Å²) in [4.78, 5) is 11.1. The number of nitrogens with zero attached hydrogens (tertiary/aromatic N) is 3. The molecule has 0 fully saturated rings. The molecule has 0 amide bonds. The average Bonchev–Trinajstić information content (AvgIpc) is 2.87. The SMILES string of the molecule is Clc1cccc(N2CCCc3oc(C4=CN=CCN4)nc3C2)c1. The van der Waals surface area contributed by atoms with Crippen molar-refractivity contribution in [2.24, 2.45) is 4.99 Å². The number of hydrogen-bond donors (Lipinski definition) is 1. The fourth-order valence-corrected chi connectivity index (χ4v) is 3.10. The van der Waals surface area contributed by atoms with Gasteiger partial charge in [-0.1, -0.05) is 17.7 Å². The smallest absolute Gasteiger partial charge is 0.244 e. The third-order valence-electron chi connectivity index (χ3n) is 4.05. The van der Waals surface area contributed by atoms with Gasteiger partial charge in [-0.15, -0.1) is 0 Å². The molecule has 2 aromatic rings. The lowest BCUT2D eigenvalue weighted by molar-refractivity contribution is 0.483. The summed E-state index contributed by atoms with van der Waals surface area (Å²) in [6, 6.07) is 7.95. The van der Waals surface area contributed by atoms with Gasteiger partial charge < -0.3 is 14.6 Å². The lowest BCUT2D eigenvalue weighted by Crippen LogP contribution is -2.23. The summed E-state index contributed by atoms with van der Waals surface area (Å²) < 4.78 is 5.96. The minimum atomic E-state index is 0.625. The summed E-state index contributed by atoms with van der Waals surface area (Å²) in [6.07, 6.45) is 5.50. The first-order chi connectivity index (χ1) is 11.3. The monoisotopic (exact) mass is 328 g/mol. The highest BCUT2D eigenvalue weighted by molar-refractivity contribution is 6.30. The van der Waals surface area contributed by atoms with E-state index in [1.54, 1.807) is 6.20 Å². The maximum Gasteiger partial charge on any atom is 0.244 e. The van der Waals surface area contributed by atoms with E-state index in [0.29, 0.717) is 12.4 Å². The molecule has 6 heteroatoms. The van der Waals surface area contributed by atoms with Gasteiger partial charge in [-0.2, -0.15) is 0 Å². The van der Waals surface area contributed by atoms with E-state index < -0.39 is 0 Å². The van der Waals surface area contributed by atoms with Crippen LogP contribution in [0.1, 0.15) is 23.8 Å². The standard InChI is InChI=1S/C17H17ClN4O/c18-12-3-1-4-13(9-12)22-8-2-5-16-15(11-22)21-17(23-16)14-10-19-6-7-20-14/h1,3-4,6,9-10,20H,2,5,7-8,11H2. The van der Waals surface area contributed by atoms with Gasteiger partial charge in [-0.3, -0.25) is 4.99 Å². The Morgan fingerprint density at radius 3 is 3.09 bits per heavy atom. The quantitative estimate of drug-likeness (QED) is 0.919. The van der Waals surface area contributed by atoms with Crippen molar-refractivity contribution in [3.63, 3.8) is 0 Å². The lowest BCUT2D eigenvalue weighted by atomic mass is 10.2. The van der Waals surface area contributed by atoms with Crippen LogP contribution in [0.15, 0.2) is 39.9 Å². The van der Waals surface area contributed by atoms with E-state index in [-0.39, 0.29) is 0 Å². The van der Waals surface area contributed by atoms with Gasteiger partial charge in [0.25, 0.3) is 0 Å². The number of hydrogen-bond acceptors (Lipinski definition) is 5. The molecular formula is C17H17ClN4O. The van der Waals surface area contributed by atoms with Crippen LogP contribution in [0.2, 0.25) is 5.02 Å². The van der Waals surface area contributed by atoms with Gasteiger partial charge >= 0.3 is 0 Å². The van der Waals surface area contributed by atoms with Gasteiger partial charge in [0.1, 0.15) is 17.2 Å². The first-order valence-electron chi connectivity index (χ1n) is 7.75. The van der Waals surface area contributed by atoms with E-state index in [1.165, 1.54) is 0 Å². The van der Waals surface area contributed by atoms with Gasteiger partial charge in [0.15, 0.2) is 0 Å². The van der Waals surface area contributed by atoms with Crippen molar-refractivity contribution in [3.8, 4) is 0 Å². The van der Waals surface area contributed by atoms with Crippen LogP contribution in [0.5, 0.6) is 0 Å². The van der Waals surface area contributed by atoms with Gasteiger partial charge in [0, 0.05) is 29.9 Å².